The first-order valence-electron chi connectivity index (χ1n) is 6.53. The zero-order valence-electron chi connectivity index (χ0n) is 10.1. The molecule has 0 N–H and O–H groups in total. The van der Waals surface area contributed by atoms with Gasteiger partial charge in [0.2, 0.25) is 0 Å². The number of halogens is 1. The lowest BCUT2D eigenvalue weighted by atomic mass is 9.78. The highest BCUT2D eigenvalue weighted by Gasteiger charge is 2.20. The second-order valence-electron chi connectivity index (χ2n) is 5.09. The van der Waals surface area contributed by atoms with Crippen molar-refractivity contribution >= 4 is 0 Å². The summed E-state index contributed by atoms with van der Waals surface area (Å²) in [6.07, 6.45) is 7.50. The SMILES string of the molecule is CC[C@H]1CC[C@H](Cc2ccccc2F)CC1. The van der Waals surface area contributed by atoms with E-state index < -0.39 is 0 Å². The topological polar surface area (TPSA) is 0 Å². The van der Waals surface area contributed by atoms with Crippen LogP contribution in [-0.2, 0) is 6.42 Å². The lowest BCUT2D eigenvalue weighted by molar-refractivity contribution is 0.267. The molecule has 1 aliphatic rings. The van der Waals surface area contributed by atoms with E-state index in [9.17, 15) is 4.39 Å². The number of rotatable bonds is 3. The van der Waals surface area contributed by atoms with Crippen LogP contribution in [-0.4, -0.2) is 0 Å². The van der Waals surface area contributed by atoms with Crippen molar-refractivity contribution in [3.05, 3.63) is 35.6 Å². The van der Waals surface area contributed by atoms with E-state index in [0.29, 0.717) is 5.92 Å². The second-order valence-corrected chi connectivity index (χ2v) is 5.09. The summed E-state index contributed by atoms with van der Waals surface area (Å²) in [7, 11) is 0. The van der Waals surface area contributed by atoms with Crippen LogP contribution in [0.25, 0.3) is 0 Å². The van der Waals surface area contributed by atoms with E-state index in [2.05, 4.69) is 6.92 Å². The highest BCUT2D eigenvalue weighted by atomic mass is 19.1. The van der Waals surface area contributed by atoms with Crippen molar-refractivity contribution in [3.63, 3.8) is 0 Å². The third-order valence-electron chi connectivity index (χ3n) is 4.01. The summed E-state index contributed by atoms with van der Waals surface area (Å²) < 4.78 is 13.5. The number of hydrogen-bond donors (Lipinski definition) is 0. The van der Waals surface area contributed by atoms with E-state index in [1.807, 2.05) is 12.1 Å². The maximum absolute atomic E-state index is 13.5. The van der Waals surface area contributed by atoms with Crippen molar-refractivity contribution in [1.82, 2.24) is 0 Å². The van der Waals surface area contributed by atoms with Crippen LogP contribution in [0.5, 0.6) is 0 Å². The minimum atomic E-state index is -0.0277. The molecule has 16 heavy (non-hydrogen) atoms. The molecule has 1 saturated carbocycles. The van der Waals surface area contributed by atoms with Gasteiger partial charge in [0.25, 0.3) is 0 Å². The Balaban J connectivity index is 1.89. The summed E-state index contributed by atoms with van der Waals surface area (Å²) in [5.74, 6) is 1.61. The van der Waals surface area contributed by atoms with Gasteiger partial charge in [-0.3, -0.25) is 0 Å². The highest BCUT2D eigenvalue weighted by Crippen LogP contribution is 2.32. The van der Waals surface area contributed by atoms with E-state index in [4.69, 9.17) is 0 Å². The standard InChI is InChI=1S/C15H21F/c1-2-12-7-9-13(10-8-12)11-14-5-3-4-6-15(14)16/h3-6,12-13H,2,7-11H2,1H3/t12-,13-. The van der Waals surface area contributed by atoms with Crippen molar-refractivity contribution in [3.8, 4) is 0 Å². The molecule has 0 radical (unpaired) electrons. The lowest BCUT2D eigenvalue weighted by Gasteiger charge is -2.27. The first kappa shape index (κ1) is 11.6. The summed E-state index contributed by atoms with van der Waals surface area (Å²) in [5.41, 5.74) is 0.905. The van der Waals surface area contributed by atoms with Gasteiger partial charge in [0.1, 0.15) is 5.82 Å². The molecule has 0 unspecified atom stereocenters. The molecular weight excluding hydrogens is 199 g/mol. The fraction of sp³-hybridized carbons (Fsp3) is 0.600. The fourth-order valence-corrected chi connectivity index (χ4v) is 2.82. The molecular formula is C15H21F. The summed E-state index contributed by atoms with van der Waals surface area (Å²) in [4.78, 5) is 0. The Bertz CT molecular complexity index is 324. The first-order chi connectivity index (χ1) is 7.79. The minimum absolute atomic E-state index is 0.0277. The van der Waals surface area contributed by atoms with Gasteiger partial charge in [-0.05, 0) is 42.7 Å². The average Bonchev–Trinajstić information content (AvgIpc) is 2.33. The summed E-state index contributed by atoms with van der Waals surface area (Å²) >= 11 is 0. The molecule has 0 nitrogen and oxygen atoms in total. The van der Waals surface area contributed by atoms with Gasteiger partial charge in [-0.25, -0.2) is 4.39 Å². The molecule has 0 heterocycles. The first-order valence-corrected chi connectivity index (χ1v) is 6.53. The second kappa shape index (κ2) is 5.47. The predicted octanol–water partition coefficient (Wildman–Crippen LogP) is 4.58. The summed E-state index contributed by atoms with van der Waals surface area (Å²) in [6, 6.07) is 7.22. The molecule has 1 aromatic carbocycles. The smallest absolute Gasteiger partial charge is 0.126 e. The molecule has 0 saturated heterocycles. The molecule has 0 bridgehead atoms. The molecule has 0 amide bonds. The Hall–Kier alpha value is -0.850. The van der Waals surface area contributed by atoms with E-state index in [1.165, 1.54) is 32.1 Å². The van der Waals surface area contributed by atoms with E-state index in [1.54, 1.807) is 12.1 Å². The van der Waals surface area contributed by atoms with Crippen LogP contribution in [0.3, 0.4) is 0 Å². The van der Waals surface area contributed by atoms with E-state index in [0.717, 1.165) is 17.9 Å². The van der Waals surface area contributed by atoms with Crippen molar-refractivity contribution < 1.29 is 4.39 Å². The molecule has 0 aliphatic heterocycles. The summed E-state index contributed by atoms with van der Waals surface area (Å²) in [5, 5.41) is 0. The van der Waals surface area contributed by atoms with Gasteiger partial charge in [-0.15, -0.1) is 0 Å². The molecule has 1 aliphatic carbocycles. The van der Waals surface area contributed by atoms with Crippen LogP contribution in [0.15, 0.2) is 24.3 Å². The normalized spacial score (nSPS) is 25.6. The van der Waals surface area contributed by atoms with E-state index in [-0.39, 0.29) is 5.82 Å². The zero-order valence-corrected chi connectivity index (χ0v) is 10.1. The Morgan fingerprint density at radius 1 is 1.06 bits per heavy atom. The van der Waals surface area contributed by atoms with Crippen LogP contribution in [0.2, 0.25) is 0 Å². The van der Waals surface area contributed by atoms with Crippen LogP contribution in [0, 0.1) is 17.7 Å². The highest BCUT2D eigenvalue weighted by molar-refractivity contribution is 5.17. The van der Waals surface area contributed by atoms with Crippen molar-refractivity contribution in [1.29, 1.82) is 0 Å². The number of benzene rings is 1. The largest absolute Gasteiger partial charge is 0.207 e. The van der Waals surface area contributed by atoms with Gasteiger partial charge < -0.3 is 0 Å². The maximum atomic E-state index is 13.5. The zero-order chi connectivity index (χ0) is 11.4. The van der Waals surface area contributed by atoms with Gasteiger partial charge in [0, 0.05) is 0 Å². The van der Waals surface area contributed by atoms with Crippen LogP contribution in [0.1, 0.15) is 44.6 Å². The van der Waals surface area contributed by atoms with Gasteiger partial charge in [-0.2, -0.15) is 0 Å². The molecule has 0 atom stereocenters. The minimum Gasteiger partial charge on any atom is -0.207 e. The molecule has 1 heteroatoms. The molecule has 1 fully saturated rings. The van der Waals surface area contributed by atoms with Crippen LogP contribution >= 0.6 is 0 Å². The van der Waals surface area contributed by atoms with Crippen LogP contribution < -0.4 is 0 Å². The Morgan fingerprint density at radius 2 is 1.69 bits per heavy atom. The Kier molecular flexibility index (Phi) is 3.98. The molecule has 0 aromatic heterocycles. The molecule has 2 rings (SSSR count). The van der Waals surface area contributed by atoms with Gasteiger partial charge in [0.05, 0.1) is 0 Å². The third-order valence-corrected chi connectivity index (χ3v) is 4.01. The quantitative estimate of drug-likeness (QED) is 0.699. The van der Waals surface area contributed by atoms with Crippen LogP contribution in [0.4, 0.5) is 4.39 Å². The Morgan fingerprint density at radius 3 is 2.31 bits per heavy atom. The maximum Gasteiger partial charge on any atom is 0.126 e. The summed E-state index contributed by atoms with van der Waals surface area (Å²) in [6.45, 7) is 2.28. The van der Waals surface area contributed by atoms with E-state index >= 15 is 0 Å². The molecule has 1 aromatic rings. The predicted molar refractivity (Wildman–Crippen MR) is 65.8 cm³/mol. The lowest BCUT2D eigenvalue weighted by Crippen LogP contribution is -2.16. The van der Waals surface area contributed by atoms with Gasteiger partial charge >= 0.3 is 0 Å². The molecule has 0 spiro atoms. The van der Waals surface area contributed by atoms with Crippen molar-refractivity contribution in [2.45, 2.75) is 45.4 Å². The third kappa shape index (κ3) is 2.84. The van der Waals surface area contributed by atoms with Crippen molar-refractivity contribution in [2.75, 3.05) is 0 Å². The van der Waals surface area contributed by atoms with Gasteiger partial charge in [0.15, 0.2) is 0 Å². The average molecular weight is 220 g/mol. The molecule has 88 valence electrons. The number of hydrogen-bond acceptors (Lipinski definition) is 0. The monoisotopic (exact) mass is 220 g/mol. The van der Waals surface area contributed by atoms with Gasteiger partial charge in [-0.1, -0.05) is 44.4 Å². The van der Waals surface area contributed by atoms with Crippen molar-refractivity contribution in [2.24, 2.45) is 11.8 Å². The Labute approximate surface area is 97.9 Å². The fourth-order valence-electron chi connectivity index (χ4n) is 2.82.